The fraction of sp³-hybridized carbons (Fsp3) is 0.261. The second-order valence-electron chi connectivity index (χ2n) is 6.70. The minimum Gasteiger partial charge on any atom is -0.493 e. The molecule has 12 nitrogen and oxygen atoms in total. The van der Waals surface area contributed by atoms with Crippen LogP contribution in [0, 0.1) is 10.1 Å². The van der Waals surface area contributed by atoms with Gasteiger partial charge in [0.25, 0.3) is 16.3 Å². The molecule has 0 saturated carbocycles. The zero-order valence-electron chi connectivity index (χ0n) is 22.2. The van der Waals surface area contributed by atoms with E-state index in [0.717, 1.165) is 11.4 Å². The Morgan fingerprint density at radius 2 is 1.24 bits per heavy atom. The van der Waals surface area contributed by atoms with Crippen LogP contribution in [0.4, 0.5) is 8.39 Å². The molecular formula is C23H28F2NNaO11P4. The molecule has 4 unspecified atom stereocenters. The minimum absolute atomic E-state index is 0. The molecule has 2 aromatic carbocycles. The van der Waals surface area contributed by atoms with Crippen molar-refractivity contribution in [3.63, 3.8) is 0 Å². The molecule has 42 heavy (non-hydrogen) atoms. The van der Waals surface area contributed by atoms with Gasteiger partial charge in [-0.3, -0.25) is 14.4 Å². The molecule has 0 heterocycles. The molecule has 0 radical (unpaired) electrons. The van der Waals surface area contributed by atoms with E-state index in [4.69, 9.17) is 19.6 Å². The molecule has 0 amide bonds. The average Bonchev–Trinajstić information content (AvgIpc) is 2.89. The first-order chi connectivity index (χ1) is 18.9. The zero-order chi connectivity index (χ0) is 30.8. The number of Topliss-reactive ketones (excluding diaryl/α,β-unsaturated/α-hetero) is 2. The Bertz CT molecular complexity index is 1210. The van der Waals surface area contributed by atoms with E-state index in [9.17, 15) is 32.4 Å². The summed E-state index contributed by atoms with van der Waals surface area (Å²) in [6, 6.07) is 8.24. The van der Waals surface area contributed by atoms with E-state index >= 15 is 0 Å². The first-order valence-electron chi connectivity index (χ1n) is 10.7. The van der Waals surface area contributed by atoms with Gasteiger partial charge in [-0.05, 0) is 75.0 Å². The summed E-state index contributed by atoms with van der Waals surface area (Å²) >= 11 is 0. The van der Waals surface area contributed by atoms with Crippen molar-refractivity contribution in [2.45, 2.75) is 28.2 Å². The normalized spacial score (nSPS) is 10.5. The van der Waals surface area contributed by atoms with Crippen LogP contribution in [0.15, 0.2) is 41.7 Å². The van der Waals surface area contributed by atoms with Gasteiger partial charge in [0, 0.05) is 11.1 Å². The Kier molecular flexibility index (Phi) is 25.8. The van der Waals surface area contributed by atoms with Crippen LogP contribution in [0.1, 0.15) is 69.6 Å². The maximum Gasteiger partial charge on any atom is 1.00 e. The van der Waals surface area contributed by atoms with Gasteiger partial charge in [0.05, 0.1) is 13.2 Å². The van der Waals surface area contributed by atoms with Gasteiger partial charge in [-0.2, -0.15) is 8.39 Å². The quantitative estimate of drug-likeness (QED) is 0.0636. The van der Waals surface area contributed by atoms with Crippen molar-refractivity contribution in [3.05, 3.63) is 68.8 Å². The second kappa shape index (κ2) is 24.4. The first kappa shape index (κ1) is 44.4. The maximum absolute atomic E-state index is 12.7. The Morgan fingerprint density at radius 3 is 1.55 bits per heavy atom. The molecule has 0 fully saturated rings. The second-order valence-corrected chi connectivity index (χ2v) is 10.6. The maximum atomic E-state index is 12.7. The number of ketones is 2. The van der Waals surface area contributed by atoms with Gasteiger partial charge in [-0.25, -0.2) is 9.59 Å². The van der Waals surface area contributed by atoms with E-state index in [1.165, 1.54) is 31.2 Å². The fourth-order valence-corrected chi connectivity index (χ4v) is 3.73. The molecule has 2 rings (SSSR count). The number of carbonyl (C=O) groups excluding carboxylic acids is 5. The molecule has 0 bridgehead atoms. The van der Waals surface area contributed by atoms with Crippen LogP contribution in [-0.2, 0) is 13.8 Å². The standard InChI is InChI=1S/C11H11FO5P2.C11H13FO4P2.CH4.HNO2.Na/c1-2-16-10-4-3-7(9(14)6-13)5-8(10)11(15)17-19(12)18;1-3-15-10-5-4-8(7(2)13)6-9(10)11(14)16-18(12)17;;2-1-3;/h3-6H,2,18H2,1H3;4-6H,3,17H2,1-2H3;1H4;(H,2,3);/q;;;;+1/p-1. The Morgan fingerprint density at radius 1 is 0.881 bits per heavy atom. The Hall–Kier alpha value is -2.03. The summed E-state index contributed by atoms with van der Waals surface area (Å²) in [4.78, 5) is 64.3. The van der Waals surface area contributed by atoms with Gasteiger partial charge < -0.3 is 28.6 Å². The average molecular weight is 679 g/mol. The van der Waals surface area contributed by atoms with Gasteiger partial charge in [0.1, 0.15) is 22.6 Å². The van der Waals surface area contributed by atoms with E-state index < -0.39 is 34.0 Å². The summed E-state index contributed by atoms with van der Waals surface area (Å²) in [5, 5.41) is 9.00. The number of ether oxygens (including phenoxy) is 2. The van der Waals surface area contributed by atoms with Gasteiger partial charge in [0.15, 0.2) is 12.1 Å². The smallest absolute Gasteiger partial charge is 0.493 e. The molecule has 2 aromatic rings. The molecule has 226 valence electrons. The van der Waals surface area contributed by atoms with Crippen LogP contribution in [0.3, 0.4) is 0 Å². The molecular weight excluding hydrogens is 651 g/mol. The molecule has 0 spiro atoms. The Balaban J connectivity index is -0.000000635. The predicted molar refractivity (Wildman–Crippen MR) is 158 cm³/mol. The van der Waals surface area contributed by atoms with Crippen molar-refractivity contribution in [1.82, 2.24) is 0 Å². The van der Waals surface area contributed by atoms with Gasteiger partial charge >= 0.3 is 41.5 Å². The summed E-state index contributed by atoms with van der Waals surface area (Å²) in [6.45, 7) is 5.48. The van der Waals surface area contributed by atoms with Crippen LogP contribution < -0.4 is 39.0 Å². The number of rotatable bonds is 11. The van der Waals surface area contributed by atoms with E-state index in [1.807, 2.05) is 0 Å². The van der Waals surface area contributed by atoms with Crippen molar-refractivity contribution in [3.8, 4) is 11.5 Å². The third-order valence-electron chi connectivity index (χ3n) is 4.14. The summed E-state index contributed by atoms with van der Waals surface area (Å²) in [6.07, 6.45) is 0.127. The van der Waals surface area contributed by atoms with Crippen LogP contribution in [0.2, 0.25) is 0 Å². The number of nitrogens with zero attached hydrogens (tertiary/aromatic N) is 1. The number of hydrogen-bond acceptors (Lipinski definition) is 12. The first-order valence-corrected chi connectivity index (χ1v) is 16.2. The molecule has 4 atom stereocenters. The van der Waals surface area contributed by atoms with Crippen molar-refractivity contribution in [1.29, 1.82) is 0 Å². The number of hydrogen-bond donors (Lipinski definition) is 0. The molecule has 0 aliphatic rings. The van der Waals surface area contributed by atoms with Crippen molar-refractivity contribution >= 4 is 63.9 Å². The van der Waals surface area contributed by atoms with Gasteiger partial charge in [-0.15, -0.1) is 5.34 Å². The predicted octanol–water partition coefficient (Wildman–Crippen LogP) is 4.10. The topological polar surface area (TPSA) is 175 Å². The van der Waals surface area contributed by atoms with Crippen LogP contribution >= 0.6 is 34.2 Å². The molecule has 0 N–H and O–H groups in total. The number of aldehydes is 1. The number of halogens is 2. The molecule has 0 saturated heterocycles. The largest absolute Gasteiger partial charge is 1.00 e. The van der Waals surface area contributed by atoms with Crippen LogP contribution in [0.25, 0.3) is 0 Å². The SMILES string of the molecule is C.CCOc1ccc(C(=O)C=O)cc1C(=O)OP(F)P.CCOc1ccc(C(C)=O)cc1C(=O)OP(F)P.O=N[O-].[Na+]. The van der Waals surface area contributed by atoms with E-state index in [-0.39, 0.29) is 83.8 Å². The van der Waals surface area contributed by atoms with Gasteiger partial charge in [-0.1, -0.05) is 7.43 Å². The fourth-order valence-electron chi connectivity index (χ4n) is 2.64. The summed E-state index contributed by atoms with van der Waals surface area (Å²) in [7, 11) is -1.34. The molecule has 19 heteroatoms. The summed E-state index contributed by atoms with van der Waals surface area (Å²) in [5.41, 5.74) is 0.314. The van der Waals surface area contributed by atoms with Crippen LogP contribution in [0.5, 0.6) is 11.5 Å². The van der Waals surface area contributed by atoms with Crippen molar-refractivity contribution in [2.75, 3.05) is 13.2 Å². The van der Waals surface area contributed by atoms with E-state index in [2.05, 4.69) is 9.05 Å². The van der Waals surface area contributed by atoms with E-state index in [0.29, 0.717) is 12.2 Å². The monoisotopic (exact) mass is 679 g/mol. The number of benzene rings is 2. The molecule has 0 aliphatic heterocycles. The molecule has 0 aliphatic carbocycles. The molecule has 0 aromatic heterocycles. The third kappa shape index (κ3) is 16.6. The number of carbonyl (C=O) groups is 5. The Labute approximate surface area is 270 Å². The van der Waals surface area contributed by atoms with Crippen molar-refractivity contribution < 1.29 is 80.4 Å². The minimum atomic E-state index is -2.46. The zero-order valence-corrected chi connectivity index (χ0v) is 28.3. The van der Waals surface area contributed by atoms with Crippen molar-refractivity contribution in [2.24, 2.45) is 5.34 Å². The summed E-state index contributed by atoms with van der Waals surface area (Å²) in [5.74, 6) is -2.34. The van der Waals surface area contributed by atoms with Crippen LogP contribution in [-0.4, -0.2) is 43.0 Å². The van der Waals surface area contributed by atoms with E-state index in [1.54, 1.807) is 37.8 Å². The third-order valence-corrected chi connectivity index (χ3v) is 5.45. The van der Waals surface area contributed by atoms with Gasteiger partial charge in [0.2, 0.25) is 5.78 Å². The summed E-state index contributed by atoms with van der Waals surface area (Å²) < 4.78 is 44.7.